The number of carbonyl (C=O) groups excluding carboxylic acids is 2. The Morgan fingerprint density at radius 2 is 1.88 bits per heavy atom. The first-order valence-corrected chi connectivity index (χ1v) is 14.3. The molecule has 0 unspecified atom stereocenters. The fourth-order valence-corrected chi connectivity index (χ4v) is 7.43. The molecule has 1 aromatic rings. The van der Waals surface area contributed by atoms with E-state index in [0.717, 1.165) is 19.4 Å². The third-order valence-electron chi connectivity index (χ3n) is 10.2. The highest BCUT2D eigenvalue weighted by atomic mass is 19.1. The van der Waals surface area contributed by atoms with E-state index in [1.807, 2.05) is 0 Å². The summed E-state index contributed by atoms with van der Waals surface area (Å²) < 4.78 is 16.2. The van der Waals surface area contributed by atoms with Gasteiger partial charge in [-0.1, -0.05) is 6.58 Å². The summed E-state index contributed by atoms with van der Waals surface area (Å²) in [5, 5.41) is 45.5. The molecule has 5 aliphatic rings. The molecule has 10 heteroatoms. The molecule has 4 atom stereocenters. The predicted molar refractivity (Wildman–Crippen MR) is 149 cm³/mol. The van der Waals surface area contributed by atoms with Crippen LogP contribution in [0, 0.1) is 23.6 Å². The molecule has 0 heterocycles. The summed E-state index contributed by atoms with van der Waals surface area (Å²) in [5.74, 6) is -4.82. The number of aromatic hydroxyl groups is 1. The largest absolute Gasteiger partial charge is 0.510 e. The van der Waals surface area contributed by atoms with Gasteiger partial charge in [-0.25, -0.2) is 4.39 Å². The minimum Gasteiger partial charge on any atom is -0.510 e. The number of rotatable bonds is 7. The van der Waals surface area contributed by atoms with Crippen molar-refractivity contribution in [3.63, 3.8) is 0 Å². The van der Waals surface area contributed by atoms with Gasteiger partial charge in [0, 0.05) is 46.8 Å². The average Bonchev–Trinajstić information content (AvgIpc) is 3.82. The average molecular weight is 568 g/mol. The van der Waals surface area contributed by atoms with Gasteiger partial charge in [0.25, 0.3) is 5.91 Å². The topological polar surface area (TPSA) is 148 Å². The van der Waals surface area contributed by atoms with Crippen molar-refractivity contribution in [1.82, 2.24) is 9.80 Å². The van der Waals surface area contributed by atoms with E-state index in [-0.39, 0.29) is 52.2 Å². The Labute approximate surface area is 238 Å². The molecule has 220 valence electrons. The second kappa shape index (κ2) is 9.14. The molecule has 0 radical (unpaired) electrons. The second-order valence-electron chi connectivity index (χ2n) is 13.2. The van der Waals surface area contributed by atoms with Crippen LogP contribution in [0.3, 0.4) is 0 Å². The number of phenols is 1. The maximum Gasteiger partial charge on any atom is 0.252 e. The van der Waals surface area contributed by atoms with E-state index in [1.54, 1.807) is 19.0 Å². The van der Waals surface area contributed by atoms with Gasteiger partial charge in [0.15, 0.2) is 11.4 Å². The number of allylic oxidation sites excluding steroid dienone is 1. The van der Waals surface area contributed by atoms with Crippen LogP contribution in [0.25, 0.3) is 0 Å². The van der Waals surface area contributed by atoms with E-state index in [9.17, 15) is 30.0 Å². The van der Waals surface area contributed by atoms with Gasteiger partial charge in [0.05, 0.1) is 17.2 Å². The molecule has 0 saturated heterocycles. The van der Waals surface area contributed by atoms with Crippen molar-refractivity contribution >= 4 is 11.7 Å². The molecule has 6 N–H and O–H groups in total. The molecule has 2 fully saturated rings. The summed E-state index contributed by atoms with van der Waals surface area (Å²) >= 11 is 0. The number of hydrogen-bond donors (Lipinski definition) is 5. The number of phenolic OH excluding ortho intramolecular Hbond substituents is 1. The molecule has 6 rings (SSSR count). The first kappa shape index (κ1) is 27.9. The number of Topliss-reactive ketones (excluding diaryl/α,β-unsaturated/α-hetero) is 1. The minimum atomic E-state index is -2.28. The van der Waals surface area contributed by atoms with E-state index in [1.165, 1.54) is 18.9 Å². The van der Waals surface area contributed by atoms with Crippen molar-refractivity contribution in [1.29, 1.82) is 0 Å². The van der Waals surface area contributed by atoms with Crippen molar-refractivity contribution in [2.75, 3.05) is 20.6 Å². The molecule has 41 heavy (non-hydrogen) atoms. The van der Waals surface area contributed by atoms with Crippen molar-refractivity contribution in [3.05, 3.63) is 63.4 Å². The number of ketones is 1. The number of carbonyl (C=O) groups is 2. The molecule has 1 amide bonds. The van der Waals surface area contributed by atoms with E-state index in [4.69, 9.17) is 5.73 Å². The highest BCUT2D eigenvalue weighted by Crippen LogP contribution is 2.55. The van der Waals surface area contributed by atoms with Crippen LogP contribution in [0.5, 0.6) is 5.75 Å². The summed E-state index contributed by atoms with van der Waals surface area (Å²) in [4.78, 5) is 30.0. The van der Waals surface area contributed by atoms with Crippen LogP contribution in [0.2, 0.25) is 0 Å². The number of primary amides is 1. The Bertz CT molecular complexity index is 1460. The van der Waals surface area contributed by atoms with Crippen LogP contribution >= 0.6 is 0 Å². The number of nitrogens with two attached hydrogens (primary N) is 1. The van der Waals surface area contributed by atoms with Crippen LogP contribution in [-0.4, -0.2) is 79.7 Å². The van der Waals surface area contributed by atoms with Crippen LogP contribution in [0.4, 0.5) is 4.39 Å². The van der Waals surface area contributed by atoms with Crippen LogP contribution in [0.1, 0.15) is 60.5 Å². The number of aliphatic hydroxyl groups excluding tert-OH is 2. The van der Waals surface area contributed by atoms with Crippen molar-refractivity contribution in [3.8, 4) is 5.75 Å². The first-order chi connectivity index (χ1) is 19.2. The van der Waals surface area contributed by atoms with Crippen molar-refractivity contribution in [2.45, 2.75) is 69.2 Å². The lowest BCUT2D eigenvalue weighted by atomic mass is 9.57. The zero-order valence-electron chi connectivity index (χ0n) is 23.7. The summed E-state index contributed by atoms with van der Waals surface area (Å²) in [6, 6.07) is 0.372. The van der Waals surface area contributed by atoms with E-state index in [2.05, 4.69) is 18.4 Å². The smallest absolute Gasteiger partial charge is 0.252 e. The number of fused-ring (bicyclic) bond motifs is 3. The van der Waals surface area contributed by atoms with Gasteiger partial charge in [0.2, 0.25) is 0 Å². The van der Waals surface area contributed by atoms with Gasteiger partial charge in [-0.2, -0.15) is 0 Å². The number of halogens is 1. The summed E-state index contributed by atoms with van der Waals surface area (Å²) in [7, 11) is 3.28. The molecule has 0 aromatic heterocycles. The normalized spacial score (nSPS) is 30.5. The van der Waals surface area contributed by atoms with E-state index < -0.39 is 52.3 Å². The van der Waals surface area contributed by atoms with E-state index >= 15 is 4.39 Å². The van der Waals surface area contributed by atoms with Crippen LogP contribution < -0.4 is 5.73 Å². The molecule has 1 aromatic carbocycles. The third-order valence-corrected chi connectivity index (χ3v) is 10.2. The lowest BCUT2D eigenvalue weighted by Gasteiger charge is -2.52. The molecule has 0 bridgehead atoms. The minimum absolute atomic E-state index is 0.00967. The molecule has 2 saturated carbocycles. The van der Waals surface area contributed by atoms with Crippen LogP contribution in [0.15, 0.2) is 40.9 Å². The number of hydrogen-bond acceptors (Lipinski definition) is 8. The zero-order chi connectivity index (χ0) is 29.8. The third kappa shape index (κ3) is 4.06. The summed E-state index contributed by atoms with van der Waals surface area (Å²) in [5.41, 5.74) is 2.59. The number of nitrogens with zero attached hydrogens (tertiary/aromatic N) is 2. The first-order valence-electron chi connectivity index (χ1n) is 14.3. The zero-order valence-corrected chi connectivity index (χ0v) is 23.7. The van der Waals surface area contributed by atoms with E-state index in [0.29, 0.717) is 18.0 Å². The van der Waals surface area contributed by atoms with Gasteiger partial charge >= 0.3 is 0 Å². The SMILES string of the molecule is C=C1C(C(N)=O)=C(O)[C@@H](N(C)C)[C@@H]2C[C@@H]3Cc4c(F)c(CN(CC5CC5)C5(C)CC5)cc(O)c4C(=O)C3=C(O)[C@]12O. The fraction of sp³-hybridized carbons (Fsp3) is 0.548. The van der Waals surface area contributed by atoms with Gasteiger partial charge in [-0.15, -0.1) is 0 Å². The number of likely N-dealkylation sites (N-methyl/N-ethyl adjacent to an activating group) is 1. The lowest BCUT2D eigenvalue weighted by molar-refractivity contribution is -0.115. The maximum absolute atomic E-state index is 16.2. The molecule has 0 spiro atoms. The predicted octanol–water partition coefficient (Wildman–Crippen LogP) is 3.01. The van der Waals surface area contributed by atoms with Gasteiger partial charge in [0.1, 0.15) is 23.1 Å². The molecular formula is C31H38FN3O6. The standard InChI is InChI=1S/C31H38FN3O6/c1-14-21(29(33)40)27(38)25(34(3)4)19-10-16-9-18-23(26(37)22(16)28(39)31(14,19)41)20(36)11-17(24(18)32)13-35(12-15-5-6-15)30(2)7-8-30/h11,15-16,19,25,36,38-39,41H,1,5-10,12-13H2,2-4H3,(H2,33,40)/t16-,19-,25-,31-/m0/s1. The van der Waals surface area contributed by atoms with Crippen molar-refractivity contribution < 1.29 is 34.4 Å². The Balaban J connectivity index is 1.43. The molecule has 5 aliphatic carbocycles. The number of amides is 1. The highest BCUT2D eigenvalue weighted by molar-refractivity contribution is 6.13. The Morgan fingerprint density at radius 3 is 2.44 bits per heavy atom. The van der Waals surface area contributed by atoms with Gasteiger partial charge in [-0.05, 0) is 77.4 Å². The Kier molecular flexibility index (Phi) is 6.23. The Morgan fingerprint density at radius 1 is 1.22 bits per heavy atom. The lowest BCUT2D eigenvalue weighted by Crippen LogP contribution is -2.60. The highest BCUT2D eigenvalue weighted by Gasteiger charge is 2.60. The second-order valence-corrected chi connectivity index (χ2v) is 13.2. The van der Waals surface area contributed by atoms with Gasteiger partial charge < -0.3 is 26.2 Å². The maximum atomic E-state index is 16.2. The number of benzene rings is 1. The summed E-state index contributed by atoms with van der Waals surface area (Å²) in [6.07, 6.45) is 4.49. The monoisotopic (exact) mass is 567 g/mol. The van der Waals surface area contributed by atoms with Gasteiger partial charge in [-0.3, -0.25) is 19.4 Å². The summed E-state index contributed by atoms with van der Waals surface area (Å²) in [6.45, 7) is 7.16. The quantitative estimate of drug-likeness (QED) is 0.338. The molecule has 0 aliphatic heterocycles. The molecule has 9 nitrogen and oxygen atoms in total. The molecular weight excluding hydrogens is 529 g/mol. The van der Waals surface area contributed by atoms with Crippen molar-refractivity contribution in [2.24, 2.45) is 23.5 Å². The Hall–Kier alpha value is -3.21. The van der Waals surface area contributed by atoms with Crippen LogP contribution in [-0.2, 0) is 17.8 Å². The number of aliphatic hydroxyl groups is 3. The fourth-order valence-electron chi connectivity index (χ4n) is 7.43.